The van der Waals surface area contributed by atoms with Gasteiger partial charge in [-0.3, -0.25) is 0 Å². The molecule has 20 heavy (non-hydrogen) atoms. The van der Waals surface area contributed by atoms with Crippen LogP contribution in [0.2, 0.25) is 0 Å². The molecule has 0 aliphatic carbocycles. The lowest BCUT2D eigenvalue weighted by Crippen LogP contribution is -2.45. The largest absolute Gasteiger partial charge is 0.395 e. The zero-order valence-corrected chi connectivity index (χ0v) is 12.0. The first-order chi connectivity index (χ1) is 9.79. The minimum absolute atomic E-state index is 0.0467. The van der Waals surface area contributed by atoms with E-state index in [1.54, 1.807) is 16.2 Å². The summed E-state index contributed by atoms with van der Waals surface area (Å²) < 4.78 is 5.21. The molecule has 1 fully saturated rings. The number of ether oxygens (including phenoxy) is 1. The molecule has 1 aromatic rings. The van der Waals surface area contributed by atoms with E-state index in [9.17, 15) is 4.79 Å². The number of carbonyl (C=O) groups excluding carboxylic acids is 1. The van der Waals surface area contributed by atoms with E-state index in [0.717, 1.165) is 9.75 Å². The fourth-order valence-electron chi connectivity index (χ4n) is 1.79. The Bertz CT molecular complexity index is 498. The fourth-order valence-corrected chi connectivity index (χ4v) is 2.61. The normalized spacial score (nSPS) is 14.6. The lowest BCUT2D eigenvalue weighted by molar-refractivity contribution is 0.0531. The summed E-state index contributed by atoms with van der Waals surface area (Å²) in [6.07, 6.45) is 0.487. The van der Waals surface area contributed by atoms with Crippen LogP contribution >= 0.6 is 11.3 Å². The van der Waals surface area contributed by atoms with Gasteiger partial charge < -0.3 is 20.1 Å². The summed E-state index contributed by atoms with van der Waals surface area (Å²) in [5.41, 5.74) is 0. The molecule has 0 unspecified atom stereocenters. The van der Waals surface area contributed by atoms with Gasteiger partial charge in [-0.05, 0) is 12.1 Å². The molecule has 2 heterocycles. The minimum Gasteiger partial charge on any atom is -0.395 e. The molecule has 0 bridgehead atoms. The van der Waals surface area contributed by atoms with Crippen molar-refractivity contribution in [2.24, 2.45) is 0 Å². The van der Waals surface area contributed by atoms with Crippen LogP contribution in [0.3, 0.4) is 0 Å². The number of urea groups is 1. The van der Waals surface area contributed by atoms with Crippen LogP contribution in [0.5, 0.6) is 0 Å². The third kappa shape index (κ3) is 4.53. The number of hydrogen-bond donors (Lipinski definition) is 2. The van der Waals surface area contributed by atoms with Crippen molar-refractivity contribution >= 4 is 17.4 Å². The van der Waals surface area contributed by atoms with Crippen LogP contribution < -0.4 is 5.32 Å². The SMILES string of the molecule is O=C(NCc1ccc(C#CCCO)s1)N1CCOCC1. The molecule has 0 saturated carbocycles. The van der Waals surface area contributed by atoms with Crippen molar-refractivity contribution in [1.82, 2.24) is 10.2 Å². The van der Waals surface area contributed by atoms with Crippen molar-refractivity contribution in [2.75, 3.05) is 32.9 Å². The van der Waals surface area contributed by atoms with Gasteiger partial charge in [0.05, 0.1) is 31.2 Å². The Hall–Kier alpha value is -1.55. The Morgan fingerprint density at radius 1 is 1.45 bits per heavy atom. The van der Waals surface area contributed by atoms with Crippen LogP contribution in [0.25, 0.3) is 0 Å². The first-order valence-electron chi connectivity index (χ1n) is 6.58. The highest BCUT2D eigenvalue weighted by molar-refractivity contribution is 7.12. The molecule has 6 heteroatoms. The second kappa shape index (κ2) is 7.90. The average Bonchev–Trinajstić information content (AvgIpc) is 2.94. The third-order valence-electron chi connectivity index (χ3n) is 2.82. The van der Waals surface area contributed by atoms with Gasteiger partial charge in [0, 0.05) is 24.4 Å². The predicted molar refractivity (Wildman–Crippen MR) is 77.5 cm³/mol. The Kier molecular flexibility index (Phi) is 5.87. The number of morpholine rings is 1. The average molecular weight is 294 g/mol. The summed E-state index contributed by atoms with van der Waals surface area (Å²) in [6.45, 7) is 3.11. The van der Waals surface area contributed by atoms with Crippen LogP contribution in [-0.4, -0.2) is 48.9 Å². The van der Waals surface area contributed by atoms with Gasteiger partial charge >= 0.3 is 6.03 Å². The molecule has 1 aliphatic heterocycles. The Morgan fingerprint density at radius 2 is 2.25 bits per heavy atom. The molecular weight excluding hydrogens is 276 g/mol. The number of aliphatic hydroxyl groups is 1. The van der Waals surface area contributed by atoms with Crippen LogP contribution in [-0.2, 0) is 11.3 Å². The maximum absolute atomic E-state index is 11.9. The Morgan fingerprint density at radius 3 is 3.00 bits per heavy atom. The summed E-state index contributed by atoms with van der Waals surface area (Å²) in [5.74, 6) is 5.87. The summed E-state index contributed by atoms with van der Waals surface area (Å²) in [7, 11) is 0. The maximum Gasteiger partial charge on any atom is 0.317 e. The standard InChI is InChI=1S/C14H18N2O3S/c17-8-2-1-3-12-4-5-13(20-12)11-15-14(18)16-6-9-19-10-7-16/h4-5,17H,2,6-11H2,(H,15,18). The highest BCUT2D eigenvalue weighted by atomic mass is 32.1. The summed E-state index contributed by atoms with van der Waals surface area (Å²) in [6, 6.07) is 3.85. The Balaban J connectivity index is 1.79. The first-order valence-corrected chi connectivity index (χ1v) is 7.40. The number of rotatable bonds is 3. The van der Waals surface area contributed by atoms with Gasteiger partial charge in [-0.2, -0.15) is 0 Å². The second-order valence-electron chi connectivity index (χ2n) is 4.30. The molecule has 108 valence electrons. The molecule has 1 aromatic heterocycles. The molecule has 0 aromatic carbocycles. The van der Waals surface area contributed by atoms with E-state index in [-0.39, 0.29) is 12.6 Å². The third-order valence-corrected chi connectivity index (χ3v) is 3.82. The monoisotopic (exact) mass is 294 g/mol. The van der Waals surface area contributed by atoms with Crippen LogP contribution in [0.15, 0.2) is 12.1 Å². The highest BCUT2D eigenvalue weighted by Crippen LogP contribution is 2.15. The molecule has 0 radical (unpaired) electrons. The van der Waals surface area contributed by atoms with E-state index in [2.05, 4.69) is 17.2 Å². The number of carbonyl (C=O) groups is 1. The van der Waals surface area contributed by atoms with Crippen LogP contribution in [0.4, 0.5) is 4.79 Å². The van der Waals surface area contributed by atoms with Gasteiger partial charge in [-0.25, -0.2) is 4.79 Å². The van der Waals surface area contributed by atoms with Gasteiger partial charge in [0.15, 0.2) is 0 Å². The zero-order valence-electron chi connectivity index (χ0n) is 11.2. The van der Waals surface area contributed by atoms with Crippen molar-refractivity contribution in [3.8, 4) is 11.8 Å². The van der Waals surface area contributed by atoms with Gasteiger partial charge in [0.1, 0.15) is 0 Å². The van der Waals surface area contributed by atoms with Gasteiger partial charge in [0.2, 0.25) is 0 Å². The van der Waals surface area contributed by atoms with Gasteiger partial charge in [-0.1, -0.05) is 11.8 Å². The van der Waals surface area contributed by atoms with Gasteiger partial charge in [-0.15, -0.1) is 11.3 Å². The van der Waals surface area contributed by atoms with E-state index < -0.39 is 0 Å². The summed E-state index contributed by atoms with van der Waals surface area (Å²) in [4.78, 5) is 15.7. The quantitative estimate of drug-likeness (QED) is 0.818. The number of amides is 2. The lowest BCUT2D eigenvalue weighted by Gasteiger charge is -2.26. The van der Waals surface area contributed by atoms with Crippen molar-refractivity contribution < 1.29 is 14.6 Å². The van der Waals surface area contributed by atoms with E-state index in [0.29, 0.717) is 39.3 Å². The number of nitrogens with zero attached hydrogens (tertiary/aromatic N) is 1. The first kappa shape index (κ1) is 14.9. The van der Waals surface area contributed by atoms with Crippen molar-refractivity contribution in [2.45, 2.75) is 13.0 Å². The summed E-state index contributed by atoms with van der Waals surface area (Å²) >= 11 is 1.56. The molecule has 5 nitrogen and oxygen atoms in total. The summed E-state index contributed by atoms with van der Waals surface area (Å²) in [5, 5.41) is 11.6. The molecule has 2 N–H and O–H groups in total. The predicted octanol–water partition coefficient (Wildman–Crippen LogP) is 1.02. The number of nitrogens with one attached hydrogen (secondary N) is 1. The van der Waals surface area contributed by atoms with Crippen LogP contribution in [0, 0.1) is 11.8 Å². The highest BCUT2D eigenvalue weighted by Gasteiger charge is 2.16. The van der Waals surface area contributed by atoms with Crippen molar-refractivity contribution in [3.05, 3.63) is 21.9 Å². The molecule has 2 amide bonds. The topological polar surface area (TPSA) is 61.8 Å². The maximum atomic E-state index is 11.9. The molecular formula is C14H18N2O3S. The molecule has 0 spiro atoms. The molecule has 2 rings (SSSR count). The van der Waals surface area contributed by atoms with Gasteiger partial charge in [0.25, 0.3) is 0 Å². The molecule has 1 aliphatic rings. The number of thiophene rings is 1. The Labute approximate surface area is 122 Å². The molecule has 1 saturated heterocycles. The van der Waals surface area contributed by atoms with E-state index in [4.69, 9.17) is 9.84 Å². The number of hydrogen-bond acceptors (Lipinski definition) is 4. The van der Waals surface area contributed by atoms with Crippen molar-refractivity contribution in [3.63, 3.8) is 0 Å². The van der Waals surface area contributed by atoms with E-state index in [1.807, 2.05) is 12.1 Å². The second-order valence-corrected chi connectivity index (χ2v) is 5.47. The lowest BCUT2D eigenvalue weighted by atomic mass is 10.4. The number of aliphatic hydroxyl groups excluding tert-OH is 1. The van der Waals surface area contributed by atoms with Crippen LogP contribution in [0.1, 0.15) is 16.2 Å². The fraction of sp³-hybridized carbons (Fsp3) is 0.500. The minimum atomic E-state index is -0.0467. The van der Waals surface area contributed by atoms with E-state index in [1.165, 1.54) is 0 Å². The molecule has 0 atom stereocenters. The zero-order chi connectivity index (χ0) is 14.2. The smallest absolute Gasteiger partial charge is 0.317 e. The van der Waals surface area contributed by atoms with Crippen molar-refractivity contribution in [1.29, 1.82) is 0 Å². The van der Waals surface area contributed by atoms with E-state index >= 15 is 0 Å².